The molecule has 1 aliphatic heterocycles. The molecule has 122 valence electrons. The fraction of sp³-hybridized carbons (Fsp3) is 0.412. The Hall–Kier alpha value is -1.59. The van der Waals surface area contributed by atoms with Gasteiger partial charge >= 0.3 is 5.97 Å². The number of thiophene rings is 1. The van der Waals surface area contributed by atoms with E-state index >= 15 is 0 Å². The van der Waals surface area contributed by atoms with Gasteiger partial charge in [-0.2, -0.15) is 0 Å². The molecule has 0 saturated carbocycles. The van der Waals surface area contributed by atoms with Gasteiger partial charge in [0.15, 0.2) is 6.61 Å². The molecule has 0 radical (unpaired) electrons. The van der Waals surface area contributed by atoms with Crippen LogP contribution in [0.3, 0.4) is 0 Å². The molecule has 1 amide bonds. The monoisotopic (exact) mass is 351 g/mol. The molecule has 0 bridgehead atoms. The first-order valence-corrected chi connectivity index (χ1v) is 8.91. The van der Waals surface area contributed by atoms with Crippen molar-refractivity contribution in [2.75, 3.05) is 13.2 Å². The molecule has 1 aromatic heterocycles. The predicted octanol–water partition coefficient (Wildman–Crippen LogP) is 4.11. The molecule has 1 fully saturated rings. The number of fused-ring (bicyclic) bond motifs is 1. The van der Waals surface area contributed by atoms with Crippen LogP contribution in [-0.2, 0) is 9.53 Å². The number of hydrogen-bond acceptors (Lipinski definition) is 4. The van der Waals surface area contributed by atoms with Gasteiger partial charge in [-0.25, -0.2) is 4.79 Å². The van der Waals surface area contributed by atoms with Crippen LogP contribution in [0, 0.1) is 0 Å². The van der Waals surface area contributed by atoms with Crippen molar-refractivity contribution >= 4 is 44.9 Å². The Balaban J connectivity index is 1.66. The lowest BCUT2D eigenvalue weighted by atomic mass is 10.0. The summed E-state index contributed by atoms with van der Waals surface area (Å²) in [5, 5.41) is 1.23. The summed E-state index contributed by atoms with van der Waals surface area (Å²) >= 11 is 7.54. The number of carbonyl (C=O) groups excluding carboxylic acids is 2. The average molecular weight is 352 g/mol. The standard InChI is InChI=1S/C17H18ClNO3S/c1-11-6-4-5-9-19(11)14(20)10-22-17(21)16-15(18)12-7-2-3-8-13(12)23-16/h2-3,7-8,11H,4-6,9-10H2,1H3/t11-/m0/s1. The van der Waals surface area contributed by atoms with E-state index in [2.05, 4.69) is 0 Å². The maximum Gasteiger partial charge on any atom is 0.350 e. The second-order valence-electron chi connectivity index (χ2n) is 5.75. The number of rotatable bonds is 3. The molecule has 4 nitrogen and oxygen atoms in total. The number of halogens is 1. The minimum absolute atomic E-state index is 0.136. The van der Waals surface area contributed by atoms with E-state index in [9.17, 15) is 9.59 Å². The van der Waals surface area contributed by atoms with Crippen LogP contribution in [0.1, 0.15) is 35.9 Å². The number of carbonyl (C=O) groups is 2. The van der Waals surface area contributed by atoms with Crippen molar-refractivity contribution in [3.05, 3.63) is 34.2 Å². The molecule has 23 heavy (non-hydrogen) atoms. The molecule has 1 atom stereocenters. The van der Waals surface area contributed by atoms with E-state index in [0.717, 1.165) is 35.9 Å². The Kier molecular flexibility index (Phi) is 4.87. The Bertz CT molecular complexity index is 743. The fourth-order valence-electron chi connectivity index (χ4n) is 2.89. The first kappa shape index (κ1) is 16.3. The summed E-state index contributed by atoms with van der Waals surface area (Å²) < 4.78 is 6.13. The van der Waals surface area contributed by atoms with E-state index in [-0.39, 0.29) is 18.6 Å². The highest BCUT2D eigenvalue weighted by atomic mass is 35.5. The maximum atomic E-state index is 12.2. The quantitative estimate of drug-likeness (QED) is 0.782. The summed E-state index contributed by atoms with van der Waals surface area (Å²) in [4.78, 5) is 26.6. The second kappa shape index (κ2) is 6.89. The molecule has 0 N–H and O–H groups in total. The number of ether oxygens (including phenoxy) is 1. The van der Waals surface area contributed by atoms with Gasteiger partial charge in [0.25, 0.3) is 5.91 Å². The summed E-state index contributed by atoms with van der Waals surface area (Å²) in [6.45, 7) is 2.54. The van der Waals surface area contributed by atoms with Crippen molar-refractivity contribution in [3.63, 3.8) is 0 Å². The first-order chi connectivity index (χ1) is 11.1. The van der Waals surface area contributed by atoms with Gasteiger partial charge in [0.2, 0.25) is 0 Å². The molecule has 0 aliphatic carbocycles. The largest absolute Gasteiger partial charge is 0.451 e. The lowest BCUT2D eigenvalue weighted by Gasteiger charge is -2.33. The van der Waals surface area contributed by atoms with Crippen LogP contribution in [-0.4, -0.2) is 36.0 Å². The third-order valence-electron chi connectivity index (χ3n) is 4.17. The van der Waals surface area contributed by atoms with Crippen molar-refractivity contribution in [1.82, 2.24) is 4.90 Å². The smallest absolute Gasteiger partial charge is 0.350 e. The van der Waals surface area contributed by atoms with Gasteiger partial charge in [0, 0.05) is 22.7 Å². The minimum atomic E-state index is -0.533. The number of piperidine rings is 1. The number of benzene rings is 1. The van der Waals surface area contributed by atoms with E-state index in [1.54, 1.807) is 4.90 Å². The van der Waals surface area contributed by atoms with Gasteiger partial charge in [-0.1, -0.05) is 29.8 Å². The molecule has 1 aliphatic rings. The molecule has 1 aromatic carbocycles. The van der Waals surface area contributed by atoms with Crippen LogP contribution in [0.25, 0.3) is 10.1 Å². The molecule has 6 heteroatoms. The van der Waals surface area contributed by atoms with Crippen LogP contribution < -0.4 is 0 Å². The summed E-state index contributed by atoms with van der Waals surface area (Å²) in [5.41, 5.74) is 0. The summed E-state index contributed by atoms with van der Waals surface area (Å²) in [5.74, 6) is -0.669. The first-order valence-electron chi connectivity index (χ1n) is 7.71. The van der Waals surface area contributed by atoms with Gasteiger partial charge in [-0.3, -0.25) is 4.79 Å². The van der Waals surface area contributed by atoms with Crippen molar-refractivity contribution in [1.29, 1.82) is 0 Å². The third kappa shape index (κ3) is 3.35. The predicted molar refractivity (Wildman–Crippen MR) is 92.1 cm³/mol. The normalized spacial score (nSPS) is 18.2. The van der Waals surface area contributed by atoms with Crippen molar-refractivity contribution in [2.24, 2.45) is 0 Å². The zero-order valence-electron chi connectivity index (χ0n) is 12.9. The number of esters is 1. The van der Waals surface area contributed by atoms with Crippen LogP contribution in [0.2, 0.25) is 5.02 Å². The van der Waals surface area contributed by atoms with E-state index in [1.165, 1.54) is 11.3 Å². The number of hydrogen-bond donors (Lipinski definition) is 0. The summed E-state index contributed by atoms with van der Waals surface area (Å²) in [7, 11) is 0. The highest BCUT2D eigenvalue weighted by Gasteiger charge is 2.25. The summed E-state index contributed by atoms with van der Waals surface area (Å²) in [6, 6.07) is 7.75. The zero-order valence-corrected chi connectivity index (χ0v) is 14.5. The molecule has 3 rings (SSSR count). The highest BCUT2D eigenvalue weighted by molar-refractivity contribution is 7.21. The Morgan fingerprint density at radius 3 is 2.87 bits per heavy atom. The van der Waals surface area contributed by atoms with Crippen molar-refractivity contribution < 1.29 is 14.3 Å². The van der Waals surface area contributed by atoms with Gasteiger partial charge in [-0.05, 0) is 32.3 Å². The topological polar surface area (TPSA) is 46.6 Å². The van der Waals surface area contributed by atoms with Gasteiger partial charge in [-0.15, -0.1) is 11.3 Å². The summed E-state index contributed by atoms with van der Waals surface area (Å²) in [6.07, 6.45) is 3.15. The highest BCUT2D eigenvalue weighted by Crippen LogP contribution is 2.35. The van der Waals surface area contributed by atoms with E-state index in [1.807, 2.05) is 31.2 Å². The van der Waals surface area contributed by atoms with E-state index in [4.69, 9.17) is 16.3 Å². The van der Waals surface area contributed by atoms with Crippen LogP contribution in [0.4, 0.5) is 0 Å². The Morgan fingerprint density at radius 2 is 2.13 bits per heavy atom. The lowest BCUT2D eigenvalue weighted by molar-refractivity contribution is -0.137. The Labute approximate surface area is 144 Å². The molecular weight excluding hydrogens is 334 g/mol. The Morgan fingerprint density at radius 1 is 1.35 bits per heavy atom. The number of amides is 1. The van der Waals surface area contributed by atoms with Crippen LogP contribution >= 0.6 is 22.9 Å². The number of likely N-dealkylation sites (tertiary alicyclic amines) is 1. The number of nitrogens with zero attached hydrogens (tertiary/aromatic N) is 1. The molecule has 1 saturated heterocycles. The second-order valence-corrected chi connectivity index (χ2v) is 7.18. The maximum absolute atomic E-state index is 12.2. The van der Waals surface area contributed by atoms with Gasteiger partial charge in [0.1, 0.15) is 4.88 Å². The molecule has 0 unspecified atom stereocenters. The van der Waals surface area contributed by atoms with Gasteiger partial charge < -0.3 is 9.64 Å². The SMILES string of the molecule is C[C@H]1CCCCN1C(=O)COC(=O)c1sc2ccccc2c1Cl. The van der Waals surface area contributed by atoms with Crippen LogP contribution in [0.15, 0.2) is 24.3 Å². The lowest BCUT2D eigenvalue weighted by Crippen LogP contribution is -2.44. The third-order valence-corrected chi connectivity index (χ3v) is 5.83. The molecule has 2 aromatic rings. The van der Waals surface area contributed by atoms with Crippen LogP contribution in [0.5, 0.6) is 0 Å². The van der Waals surface area contributed by atoms with Crippen molar-refractivity contribution in [3.8, 4) is 0 Å². The van der Waals surface area contributed by atoms with Gasteiger partial charge in [0.05, 0.1) is 5.02 Å². The minimum Gasteiger partial charge on any atom is -0.451 e. The van der Waals surface area contributed by atoms with E-state index < -0.39 is 5.97 Å². The molecule has 2 heterocycles. The molecular formula is C17H18ClNO3S. The van der Waals surface area contributed by atoms with Crippen molar-refractivity contribution in [2.45, 2.75) is 32.2 Å². The average Bonchev–Trinajstić information content (AvgIpc) is 2.90. The molecule has 0 spiro atoms. The van der Waals surface area contributed by atoms with E-state index in [0.29, 0.717) is 9.90 Å². The fourth-order valence-corrected chi connectivity index (χ4v) is 4.29. The zero-order chi connectivity index (χ0) is 16.4.